The Kier molecular flexibility index (Phi) is 4.32. The molecule has 1 amide bonds. The first kappa shape index (κ1) is 16.2. The highest BCUT2D eigenvalue weighted by atomic mass is 32.2. The number of nitriles is 1. The van der Waals surface area contributed by atoms with Crippen molar-refractivity contribution in [3.8, 4) is 11.8 Å². The lowest BCUT2D eigenvalue weighted by Gasteiger charge is -2.28. The van der Waals surface area contributed by atoms with Crippen LogP contribution in [0.1, 0.15) is 16.7 Å². The molecule has 0 saturated heterocycles. The van der Waals surface area contributed by atoms with Gasteiger partial charge in [-0.25, -0.2) is 0 Å². The molecule has 120 valence electrons. The van der Waals surface area contributed by atoms with Crippen molar-refractivity contribution in [2.75, 3.05) is 11.4 Å². The normalized spacial score (nSPS) is 15.3. The van der Waals surface area contributed by atoms with E-state index < -0.39 is 0 Å². The summed E-state index contributed by atoms with van der Waals surface area (Å²) in [4.78, 5) is 15.8. The lowest BCUT2D eigenvalue weighted by molar-refractivity contribution is -0.114. The van der Waals surface area contributed by atoms with Crippen LogP contribution < -0.4 is 4.90 Å². The smallest absolute Gasteiger partial charge is 0.266 e. The maximum atomic E-state index is 12.8. The minimum atomic E-state index is -0.177. The van der Waals surface area contributed by atoms with Crippen LogP contribution in [-0.4, -0.2) is 17.6 Å². The van der Waals surface area contributed by atoms with Gasteiger partial charge in [-0.05, 0) is 60.9 Å². The molecule has 0 bridgehead atoms. The number of benzene rings is 2. The van der Waals surface area contributed by atoms with Crippen LogP contribution in [-0.2, 0) is 4.79 Å². The molecule has 1 aliphatic heterocycles. The van der Waals surface area contributed by atoms with Crippen LogP contribution in [0.4, 0.5) is 5.69 Å². The third-order valence-electron chi connectivity index (χ3n) is 3.87. The second-order valence-corrected chi connectivity index (χ2v) is 6.71. The number of nitrogens with zero attached hydrogens (tertiary/aromatic N) is 2. The summed E-state index contributed by atoms with van der Waals surface area (Å²) in [6, 6.07) is 13.3. The molecule has 1 heterocycles. The molecule has 0 radical (unpaired) electrons. The van der Waals surface area contributed by atoms with Crippen molar-refractivity contribution in [1.82, 2.24) is 0 Å². The van der Waals surface area contributed by atoms with Crippen LogP contribution in [0.25, 0.3) is 6.08 Å². The van der Waals surface area contributed by atoms with Crippen molar-refractivity contribution < 1.29 is 9.90 Å². The van der Waals surface area contributed by atoms with Crippen LogP contribution in [0, 0.1) is 25.2 Å². The zero-order chi connectivity index (χ0) is 17.3. The van der Waals surface area contributed by atoms with Gasteiger partial charge in [-0.1, -0.05) is 23.9 Å². The van der Waals surface area contributed by atoms with Crippen molar-refractivity contribution >= 4 is 29.4 Å². The number of carbonyl (C=O) groups is 1. The number of hydrogen-bond donors (Lipinski definition) is 1. The maximum Gasteiger partial charge on any atom is 0.266 e. The molecule has 0 spiro atoms. The molecule has 0 aliphatic carbocycles. The highest BCUT2D eigenvalue weighted by molar-refractivity contribution is 8.04. The van der Waals surface area contributed by atoms with Gasteiger partial charge in [-0.2, -0.15) is 5.26 Å². The first-order valence-corrected chi connectivity index (χ1v) is 8.30. The molecule has 0 fully saturated rings. The number of anilines is 1. The minimum absolute atomic E-state index is 0.0153. The Bertz CT molecular complexity index is 873. The average molecular weight is 336 g/mol. The van der Waals surface area contributed by atoms with Crippen molar-refractivity contribution in [1.29, 1.82) is 5.26 Å². The lowest BCUT2D eigenvalue weighted by Crippen LogP contribution is -2.34. The van der Waals surface area contributed by atoms with E-state index in [0.29, 0.717) is 4.91 Å². The second kappa shape index (κ2) is 6.42. The number of hydrogen-bond acceptors (Lipinski definition) is 4. The summed E-state index contributed by atoms with van der Waals surface area (Å²) in [6.45, 7) is 3.68. The van der Waals surface area contributed by atoms with E-state index in [1.54, 1.807) is 0 Å². The number of phenols is 1. The second-order valence-electron chi connectivity index (χ2n) is 5.63. The summed E-state index contributed by atoms with van der Waals surface area (Å²) >= 11 is 1.40. The Morgan fingerprint density at radius 2 is 1.92 bits per heavy atom. The number of amides is 1. The highest BCUT2D eigenvalue weighted by Crippen LogP contribution is 2.42. The van der Waals surface area contributed by atoms with Gasteiger partial charge < -0.3 is 5.11 Å². The molecule has 3 rings (SSSR count). The molecule has 0 atom stereocenters. The molecular formula is C19H16N2O2S. The van der Waals surface area contributed by atoms with Crippen molar-refractivity contribution in [3.63, 3.8) is 0 Å². The van der Waals surface area contributed by atoms with Gasteiger partial charge >= 0.3 is 0 Å². The summed E-state index contributed by atoms with van der Waals surface area (Å²) in [7, 11) is 0. The molecular weight excluding hydrogens is 320 g/mol. The predicted octanol–water partition coefficient (Wildman–Crippen LogP) is 4.01. The quantitative estimate of drug-likeness (QED) is 0.665. The summed E-state index contributed by atoms with van der Waals surface area (Å²) in [6.07, 6.45) is 1.81. The van der Waals surface area contributed by atoms with Crippen LogP contribution in [0.3, 0.4) is 0 Å². The summed E-state index contributed by atoms with van der Waals surface area (Å²) in [5, 5.41) is 18.9. The molecule has 0 saturated carbocycles. The Morgan fingerprint density at radius 1 is 1.25 bits per heavy atom. The number of carbonyl (C=O) groups excluding carboxylic acids is 1. The monoisotopic (exact) mass is 336 g/mol. The molecule has 4 nitrogen and oxygen atoms in total. The van der Waals surface area contributed by atoms with Gasteiger partial charge in [0.15, 0.2) is 0 Å². The molecule has 1 N–H and O–H groups in total. The average Bonchev–Trinajstić information content (AvgIpc) is 2.56. The van der Waals surface area contributed by atoms with Gasteiger partial charge in [0.1, 0.15) is 12.3 Å². The number of phenolic OH excluding ortho intramolecular Hbond substituents is 1. The Hall–Kier alpha value is -2.71. The molecule has 0 aromatic heterocycles. The molecule has 24 heavy (non-hydrogen) atoms. The first-order valence-electron chi connectivity index (χ1n) is 7.49. The number of fused-ring (bicyclic) bond motifs is 1. The van der Waals surface area contributed by atoms with E-state index in [1.165, 1.54) is 16.7 Å². The van der Waals surface area contributed by atoms with Gasteiger partial charge in [0.25, 0.3) is 5.91 Å². The molecule has 0 unspecified atom stereocenters. The third kappa shape index (κ3) is 2.89. The maximum absolute atomic E-state index is 12.8. The highest BCUT2D eigenvalue weighted by Gasteiger charge is 2.28. The van der Waals surface area contributed by atoms with E-state index >= 15 is 0 Å². The molecule has 2 aromatic carbocycles. The minimum Gasteiger partial charge on any atom is -0.507 e. The predicted molar refractivity (Wildman–Crippen MR) is 95.8 cm³/mol. The lowest BCUT2D eigenvalue weighted by atomic mass is 10.1. The summed E-state index contributed by atoms with van der Waals surface area (Å²) in [5.41, 5.74) is 3.16. The number of aryl methyl sites for hydroxylation is 2. The zero-order valence-corrected chi connectivity index (χ0v) is 14.2. The van der Waals surface area contributed by atoms with E-state index in [2.05, 4.69) is 6.07 Å². The van der Waals surface area contributed by atoms with E-state index in [9.17, 15) is 9.90 Å². The third-order valence-corrected chi connectivity index (χ3v) is 4.95. The van der Waals surface area contributed by atoms with E-state index in [0.717, 1.165) is 27.3 Å². The van der Waals surface area contributed by atoms with Crippen LogP contribution in [0.15, 0.2) is 46.2 Å². The molecule has 1 aliphatic rings. The number of aromatic hydroxyl groups is 1. The number of para-hydroxylation sites is 1. The fourth-order valence-electron chi connectivity index (χ4n) is 2.71. The summed E-state index contributed by atoms with van der Waals surface area (Å²) < 4.78 is 0. The van der Waals surface area contributed by atoms with Gasteiger partial charge in [0.2, 0.25) is 0 Å². The van der Waals surface area contributed by atoms with E-state index in [-0.39, 0.29) is 18.2 Å². The fourth-order valence-corrected chi connectivity index (χ4v) is 3.77. The number of rotatable bonds is 2. The van der Waals surface area contributed by atoms with Gasteiger partial charge in [0.05, 0.1) is 16.7 Å². The Morgan fingerprint density at radius 3 is 2.58 bits per heavy atom. The van der Waals surface area contributed by atoms with E-state index in [1.807, 2.05) is 56.3 Å². The van der Waals surface area contributed by atoms with Crippen molar-refractivity contribution in [2.45, 2.75) is 18.7 Å². The molecule has 5 heteroatoms. The Labute approximate surface area is 145 Å². The van der Waals surface area contributed by atoms with Gasteiger partial charge in [-0.3, -0.25) is 9.69 Å². The van der Waals surface area contributed by atoms with E-state index in [4.69, 9.17) is 5.26 Å². The van der Waals surface area contributed by atoms with Crippen LogP contribution >= 0.6 is 11.8 Å². The molecule has 2 aromatic rings. The zero-order valence-electron chi connectivity index (χ0n) is 13.4. The topological polar surface area (TPSA) is 64.3 Å². The van der Waals surface area contributed by atoms with Crippen molar-refractivity contribution in [3.05, 3.63) is 58.0 Å². The van der Waals surface area contributed by atoms with Crippen molar-refractivity contribution in [2.24, 2.45) is 0 Å². The van der Waals surface area contributed by atoms with Gasteiger partial charge in [0, 0.05) is 4.90 Å². The fraction of sp³-hybridized carbons (Fsp3) is 0.158. The summed E-state index contributed by atoms with van der Waals surface area (Å²) in [5.74, 6) is 0.0971. The van der Waals surface area contributed by atoms with Crippen LogP contribution in [0.2, 0.25) is 0 Å². The largest absolute Gasteiger partial charge is 0.507 e. The van der Waals surface area contributed by atoms with Gasteiger partial charge in [-0.15, -0.1) is 0 Å². The first-order chi connectivity index (χ1) is 11.5. The standard InChI is InChI=1S/C19H16N2O2S/c1-12-9-14(10-13(2)18(12)22)11-17-19(23)21(8-7-20)15-5-3-4-6-16(15)24-17/h3-6,9-11,22H,8H2,1-2H3/b17-11-. The number of thioether (sulfide) groups is 1. The Balaban J connectivity index is 2.06. The van der Waals surface area contributed by atoms with Crippen LogP contribution in [0.5, 0.6) is 5.75 Å². The SMILES string of the molecule is Cc1cc(/C=C2\Sc3ccccc3N(CC#N)C2=O)cc(C)c1O.